The maximum Gasteiger partial charge on any atom is 0.126 e. The summed E-state index contributed by atoms with van der Waals surface area (Å²) in [6.45, 7) is 3.74. The standard InChI is InChI=1S/C18H21FN2/c1-13-6-8-15(12-16(13)19)18(10-4-3-5-11-18)17-9-7-14(2)20-21-17/h6-9,12H,3-5,10-11H2,1-2H3. The molecule has 0 unspecified atom stereocenters. The molecular formula is C18H21FN2. The average Bonchev–Trinajstić information content (AvgIpc) is 2.51. The summed E-state index contributed by atoms with van der Waals surface area (Å²) in [6.07, 6.45) is 5.60. The van der Waals surface area contributed by atoms with Crippen LogP contribution in [0, 0.1) is 19.7 Å². The Morgan fingerprint density at radius 2 is 1.71 bits per heavy atom. The third kappa shape index (κ3) is 2.57. The summed E-state index contributed by atoms with van der Waals surface area (Å²) in [4.78, 5) is 0. The molecule has 0 amide bonds. The van der Waals surface area contributed by atoms with E-state index in [0.717, 1.165) is 42.6 Å². The highest BCUT2D eigenvalue weighted by atomic mass is 19.1. The van der Waals surface area contributed by atoms with Crippen molar-refractivity contribution in [1.82, 2.24) is 10.2 Å². The molecule has 1 heterocycles. The zero-order valence-corrected chi connectivity index (χ0v) is 12.7. The van der Waals surface area contributed by atoms with Crippen LogP contribution < -0.4 is 0 Å². The Bertz CT molecular complexity index is 628. The van der Waals surface area contributed by atoms with Gasteiger partial charge in [0.2, 0.25) is 0 Å². The van der Waals surface area contributed by atoms with Crippen LogP contribution in [0.15, 0.2) is 30.3 Å². The van der Waals surface area contributed by atoms with Crippen LogP contribution in [0.3, 0.4) is 0 Å². The predicted molar refractivity (Wildman–Crippen MR) is 81.8 cm³/mol. The van der Waals surface area contributed by atoms with Gasteiger partial charge in [-0.25, -0.2) is 4.39 Å². The van der Waals surface area contributed by atoms with Gasteiger partial charge in [0.15, 0.2) is 0 Å². The number of hydrogen-bond acceptors (Lipinski definition) is 2. The summed E-state index contributed by atoms with van der Waals surface area (Å²) < 4.78 is 14.0. The van der Waals surface area contributed by atoms with Crippen LogP contribution in [0.4, 0.5) is 4.39 Å². The number of aromatic nitrogens is 2. The van der Waals surface area contributed by atoms with E-state index in [9.17, 15) is 4.39 Å². The second-order valence-electron chi connectivity index (χ2n) is 6.17. The molecule has 3 heteroatoms. The SMILES string of the molecule is Cc1ccc(C2(c3ccc(C)c(F)c3)CCCCC2)nn1. The van der Waals surface area contributed by atoms with Gasteiger partial charge in [-0.1, -0.05) is 31.4 Å². The molecular weight excluding hydrogens is 263 g/mol. The summed E-state index contributed by atoms with van der Waals surface area (Å²) >= 11 is 0. The molecule has 1 saturated carbocycles. The lowest BCUT2D eigenvalue weighted by Gasteiger charge is -2.37. The second kappa shape index (κ2) is 5.55. The predicted octanol–water partition coefficient (Wildman–Crippen LogP) is 4.48. The Balaban J connectivity index is 2.12. The van der Waals surface area contributed by atoms with E-state index in [1.807, 2.05) is 19.1 Å². The highest BCUT2D eigenvalue weighted by Crippen LogP contribution is 2.44. The molecule has 2 aromatic rings. The lowest BCUT2D eigenvalue weighted by atomic mass is 9.67. The van der Waals surface area contributed by atoms with Gasteiger partial charge >= 0.3 is 0 Å². The first-order valence-corrected chi connectivity index (χ1v) is 7.69. The molecule has 0 saturated heterocycles. The largest absolute Gasteiger partial charge is 0.207 e. The first kappa shape index (κ1) is 14.2. The van der Waals surface area contributed by atoms with E-state index in [0.29, 0.717) is 5.56 Å². The van der Waals surface area contributed by atoms with Crippen molar-refractivity contribution in [3.05, 3.63) is 58.7 Å². The lowest BCUT2D eigenvalue weighted by Crippen LogP contribution is -2.32. The molecule has 0 aliphatic heterocycles. The van der Waals surface area contributed by atoms with Crippen LogP contribution in [0.2, 0.25) is 0 Å². The molecule has 110 valence electrons. The molecule has 3 rings (SSSR count). The number of nitrogens with zero attached hydrogens (tertiary/aromatic N) is 2. The van der Waals surface area contributed by atoms with Crippen LogP contribution in [0.5, 0.6) is 0 Å². The van der Waals surface area contributed by atoms with Crippen molar-refractivity contribution >= 4 is 0 Å². The number of benzene rings is 1. The molecule has 0 radical (unpaired) electrons. The molecule has 2 nitrogen and oxygen atoms in total. The summed E-state index contributed by atoms with van der Waals surface area (Å²) in [5.74, 6) is -0.127. The lowest BCUT2D eigenvalue weighted by molar-refractivity contribution is 0.335. The average molecular weight is 284 g/mol. The van der Waals surface area contributed by atoms with E-state index in [4.69, 9.17) is 0 Å². The van der Waals surface area contributed by atoms with E-state index in [2.05, 4.69) is 22.3 Å². The molecule has 0 N–H and O–H groups in total. The van der Waals surface area contributed by atoms with E-state index < -0.39 is 0 Å². The molecule has 1 fully saturated rings. The quantitative estimate of drug-likeness (QED) is 0.812. The molecule has 0 bridgehead atoms. The Kier molecular flexibility index (Phi) is 3.75. The summed E-state index contributed by atoms with van der Waals surface area (Å²) in [7, 11) is 0. The van der Waals surface area contributed by atoms with Crippen LogP contribution in [-0.4, -0.2) is 10.2 Å². The first-order valence-electron chi connectivity index (χ1n) is 7.69. The van der Waals surface area contributed by atoms with Gasteiger partial charge in [0.1, 0.15) is 5.82 Å². The summed E-state index contributed by atoms with van der Waals surface area (Å²) in [6, 6.07) is 9.70. The Morgan fingerprint density at radius 3 is 2.33 bits per heavy atom. The van der Waals surface area contributed by atoms with Crippen molar-refractivity contribution in [2.24, 2.45) is 0 Å². The van der Waals surface area contributed by atoms with Gasteiger partial charge in [-0.3, -0.25) is 0 Å². The highest BCUT2D eigenvalue weighted by molar-refractivity contribution is 5.38. The maximum absolute atomic E-state index is 14.0. The minimum Gasteiger partial charge on any atom is -0.207 e. The van der Waals surface area contributed by atoms with E-state index in [1.54, 1.807) is 13.0 Å². The van der Waals surface area contributed by atoms with Gasteiger partial charge in [-0.05, 0) is 56.0 Å². The number of hydrogen-bond donors (Lipinski definition) is 0. The number of halogens is 1. The van der Waals surface area contributed by atoms with Crippen LogP contribution in [0.25, 0.3) is 0 Å². The molecule has 1 aliphatic carbocycles. The molecule has 1 aliphatic rings. The van der Waals surface area contributed by atoms with Crippen molar-refractivity contribution in [3.8, 4) is 0 Å². The highest BCUT2D eigenvalue weighted by Gasteiger charge is 2.37. The third-order valence-electron chi connectivity index (χ3n) is 4.72. The second-order valence-corrected chi connectivity index (χ2v) is 6.17. The molecule has 1 aromatic heterocycles. The van der Waals surface area contributed by atoms with Crippen molar-refractivity contribution in [3.63, 3.8) is 0 Å². The summed E-state index contributed by atoms with van der Waals surface area (Å²) in [5, 5.41) is 8.65. The Labute approximate surface area is 125 Å². The number of aryl methyl sites for hydroxylation is 2. The minimum atomic E-state index is -0.173. The smallest absolute Gasteiger partial charge is 0.126 e. The molecule has 0 atom stereocenters. The maximum atomic E-state index is 14.0. The summed E-state index contributed by atoms with van der Waals surface area (Å²) in [5.41, 5.74) is 3.46. The van der Waals surface area contributed by atoms with Gasteiger partial charge in [0.25, 0.3) is 0 Å². The fourth-order valence-electron chi connectivity index (χ4n) is 3.39. The van der Waals surface area contributed by atoms with Crippen molar-refractivity contribution in [1.29, 1.82) is 0 Å². The third-order valence-corrected chi connectivity index (χ3v) is 4.72. The number of rotatable bonds is 2. The van der Waals surface area contributed by atoms with Crippen molar-refractivity contribution in [2.45, 2.75) is 51.4 Å². The van der Waals surface area contributed by atoms with Crippen LogP contribution in [-0.2, 0) is 5.41 Å². The first-order chi connectivity index (χ1) is 10.1. The Hall–Kier alpha value is -1.77. The van der Waals surface area contributed by atoms with E-state index >= 15 is 0 Å². The fourth-order valence-corrected chi connectivity index (χ4v) is 3.39. The van der Waals surface area contributed by atoms with Crippen LogP contribution in [0.1, 0.15) is 54.6 Å². The van der Waals surface area contributed by atoms with E-state index in [-0.39, 0.29) is 11.2 Å². The normalized spacial score (nSPS) is 17.7. The van der Waals surface area contributed by atoms with Gasteiger partial charge in [0, 0.05) is 5.41 Å². The van der Waals surface area contributed by atoms with Crippen molar-refractivity contribution in [2.75, 3.05) is 0 Å². The Morgan fingerprint density at radius 1 is 0.952 bits per heavy atom. The van der Waals surface area contributed by atoms with Gasteiger partial charge < -0.3 is 0 Å². The van der Waals surface area contributed by atoms with Gasteiger partial charge in [0.05, 0.1) is 11.4 Å². The van der Waals surface area contributed by atoms with Crippen LogP contribution >= 0.6 is 0 Å². The van der Waals surface area contributed by atoms with Gasteiger partial charge in [-0.2, -0.15) is 10.2 Å². The van der Waals surface area contributed by atoms with Crippen molar-refractivity contribution < 1.29 is 4.39 Å². The monoisotopic (exact) mass is 284 g/mol. The molecule has 21 heavy (non-hydrogen) atoms. The molecule has 0 spiro atoms. The van der Waals surface area contributed by atoms with Gasteiger partial charge in [-0.15, -0.1) is 0 Å². The zero-order valence-electron chi connectivity index (χ0n) is 12.7. The fraction of sp³-hybridized carbons (Fsp3) is 0.444. The minimum absolute atomic E-state index is 0.127. The molecule has 1 aromatic carbocycles. The topological polar surface area (TPSA) is 25.8 Å². The van der Waals surface area contributed by atoms with E-state index in [1.165, 1.54) is 6.42 Å². The zero-order chi connectivity index (χ0) is 14.9.